The minimum absolute atomic E-state index is 0. The van der Waals surface area contributed by atoms with Crippen molar-refractivity contribution >= 4 is 56.7 Å². The van der Waals surface area contributed by atoms with Crippen LogP contribution < -0.4 is 14.7 Å². The van der Waals surface area contributed by atoms with E-state index >= 15 is 0 Å². The van der Waals surface area contributed by atoms with Gasteiger partial charge < -0.3 is 34.6 Å². The molecule has 70 valence electrons. The second kappa shape index (κ2) is 10.6. The Kier molecular flexibility index (Phi) is 17.0. The Morgan fingerprint density at radius 2 is 1.33 bits per heavy atom. The number of phosphoric acid groups is 1. The molecule has 0 aromatic rings. The van der Waals surface area contributed by atoms with Crippen molar-refractivity contribution < 1.29 is 34.6 Å². The van der Waals surface area contributed by atoms with E-state index < -0.39 is 13.9 Å². The minimum atomic E-state index is -5.39. The largest absolute Gasteiger partial charge is 2.00 e. The molecular formula is C3H8BaO7P-. The molecule has 0 saturated carbocycles. The summed E-state index contributed by atoms with van der Waals surface area (Å²) in [5.74, 6) is 0. The normalized spacial score (nSPS) is 9.92. The van der Waals surface area contributed by atoms with Gasteiger partial charge in [-0.05, 0) is 0 Å². The number of hydrogen-bond acceptors (Lipinski definition) is 7. The fourth-order valence-corrected chi connectivity index (χ4v) is 0.0577. The van der Waals surface area contributed by atoms with Crippen LogP contribution in [0.15, 0.2) is 0 Å². The van der Waals surface area contributed by atoms with E-state index in [9.17, 15) is 0 Å². The van der Waals surface area contributed by atoms with E-state index in [0.717, 1.165) is 0 Å². The van der Waals surface area contributed by atoms with Gasteiger partial charge in [0.05, 0.1) is 13.2 Å². The van der Waals surface area contributed by atoms with Crippen LogP contribution in [0.3, 0.4) is 0 Å². The van der Waals surface area contributed by atoms with Crippen LogP contribution in [-0.4, -0.2) is 83.5 Å². The van der Waals surface area contributed by atoms with Crippen molar-refractivity contribution in [3.8, 4) is 0 Å². The van der Waals surface area contributed by atoms with E-state index in [1.165, 1.54) is 0 Å². The summed E-state index contributed by atoms with van der Waals surface area (Å²) in [6, 6.07) is 0. The van der Waals surface area contributed by atoms with Crippen molar-refractivity contribution in [1.82, 2.24) is 0 Å². The van der Waals surface area contributed by atoms with Crippen molar-refractivity contribution in [2.45, 2.75) is 6.10 Å². The van der Waals surface area contributed by atoms with E-state index in [4.69, 9.17) is 34.6 Å². The molecule has 0 aliphatic heterocycles. The predicted molar refractivity (Wildman–Crippen MR) is 33.5 cm³/mol. The van der Waals surface area contributed by atoms with Crippen molar-refractivity contribution in [2.75, 3.05) is 13.2 Å². The SMILES string of the molecule is O=P([O-])([O-])[O-].OCC(O)CO.[Ba+2]. The first kappa shape index (κ1) is 19.2. The molecule has 0 heterocycles. The first-order valence-corrected chi connectivity index (χ1v) is 3.90. The van der Waals surface area contributed by atoms with E-state index in [2.05, 4.69) is 0 Å². The van der Waals surface area contributed by atoms with Crippen molar-refractivity contribution in [3.05, 3.63) is 0 Å². The third-order valence-electron chi connectivity index (χ3n) is 0.421. The summed E-state index contributed by atoms with van der Waals surface area (Å²) in [4.78, 5) is 25.6. The Morgan fingerprint density at radius 3 is 1.33 bits per heavy atom. The molecule has 0 aliphatic rings. The second-order valence-electron chi connectivity index (χ2n) is 1.47. The number of hydrogen-bond donors (Lipinski definition) is 3. The van der Waals surface area contributed by atoms with Gasteiger partial charge in [0, 0.05) is 0 Å². The fourth-order valence-electron chi connectivity index (χ4n) is 0.0577. The molecule has 0 saturated heterocycles. The second-order valence-corrected chi connectivity index (χ2v) is 2.36. The number of aliphatic hydroxyl groups is 3. The van der Waals surface area contributed by atoms with Gasteiger partial charge in [0.25, 0.3) is 0 Å². The Hall–Kier alpha value is 1.56. The molecule has 0 unspecified atom stereocenters. The van der Waals surface area contributed by atoms with Crippen LogP contribution >= 0.6 is 7.82 Å². The maximum atomic E-state index is 8.55. The van der Waals surface area contributed by atoms with Crippen molar-refractivity contribution in [3.63, 3.8) is 0 Å². The van der Waals surface area contributed by atoms with Gasteiger partial charge >= 0.3 is 48.9 Å². The smallest absolute Gasteiger partial charge is 0.822 e. The maximum absolute atomic E-state index is 8.55. The van der Waals surface area contributed by atoms with E-state index in [1.807, 2.05) is 0 Å². The summed E-state index contributed by atoms with van der Waals surface area (Å²) >= 11 is 0. The summed E-state index contributed by atoms with van der Waals surface area (Å²) in [5.41, 5.74) is 0. The zero-order valence-electron chi connectivity index (χ0n) is 6.12. The molecular weight excluding hydrogens is 316 g/mol. The fraction of sp³-hybridized carbons (Fsp3) is 1.00. The van der Waals surface area contributed by atoms with E-state index in [0.29, 0.717) is 0 Å². The van der Waals surface area contributed by atoms with Crippen LogP contribution in [0.2, 0.25) is 0 Å². The summed E-state index contributed by atoms with van der Waals surface area (Å²) in [6.45, 7) is -0.729. The summed E-state index contributed by atoms with van der Waals surface area (Å²) in [6.07, 6.45) is -0.954. The molecule has 7 nitrogen and oxygen atoms in total. The Labute approximate surface area is 109 Å². The van der Waals surface area contributed by atoms with Gasteiger partial charge in [0.1, 0.15) is 6.10 Å². The minimum Gasteiger partial charge on any atom is -0.822 e. The molecule has 0 rings (SSSR count). The molecule has 0 aromatic heterocycles. The molecule has 0 aliphatic carbocycles. The van der Waals surface area contributed by atoms with Crippen LogP contribution in [0.4, 0.5) is 0 Å². The predicted octanol–water partition coefficient (Wildman–Crippen LogP) is -4.87. The van der Waals surface area contributed by atoms with Crippen LogP contribution in [0.25, 0.3) is 0 Å². The monoisotopic (exact) mass is 325 g/mol. The van der Waals surface area contributed by atoms with Gasteiger partial charge in [-0.25, -0.2) is 0 Å². The van der Waals surface area contributed by atoms with Gasteiger partial charge in [-0.1, -0.05) is 0 Å². The van der Waals surface area contributed by atoms with Crippen LogP contribution in [0.5, 0.6) is 0 Å². The average molecular weight is 324 g/mol. The molecule has 0 radical (unpaired) electrons. The van der Waals surface area contributed by atoms with Gasteiger partial charge in [-0.2, -0.15) is 7.82 Å². The zero-order chi connectivity index (χ0) is 9.49. The molecule has 0 atom stereocenters. The molecule has 9 heteroatoms. The zero-order valence-corrected chi connectivity index (χ0v) is 11.5. The van der Waals surface area contributed by atoms with E-state index in [1.54, 1.807) is 0 Å². The van der Waals surface area contributed by atoms with Gasteiger partial charge in [0.15, 0.2) is 0 Å². The van der Waals surface area contributed by atoms with Gasteiger partial charge in [-0.3, -0.25) is 0 Å². The molecule has 3 N–H and O–H groups in total. The summed E-state index contributed by atoms with van der Waals surface area (Å²) in [5, 5.41) is 24.0. The number of rotatable bonds is 2. The van der Waals surface area contributed by atoms with Crippen LogP contribution in [0, 0.1) is 0 Å². The first-order valence-electron chi connectivity index (χ1n) is 2.44. The third-order valence-corrected chi connectivity index (χ3v) is 0.421. The molecule has 0 aromatic carbocycles. The molecule has 0 fully saturated rings. The summed E-state index contributed by atoms with van der Waals surface area (Å²) < 4.78 is 8.55. The Morgan fingerprint density at radius 1 is 1.17 bits per heavy atom. The maximum Gasteiger partial charge on any atom is 2.00 e. The standard InChI is InChI=1S/C3H8O3.Ba.H3O4P/c4-1-3(6)2-5;;1-5(2,3)4/h3-6H,1-2H2;;(H3,1,2,3,4)/q;+2;/p-3. The Bertz CT molecular complexity index is 112. The molecule has 0 amide bonds. The molecule has 0 spiro atoms. The quantitative estimate of drug-likeness (QED) is 0.341. The molecule has 12 heavy (non-hydrogen) atoms. The van der Waals surface area contributed by atoms with Crippen molar-refractivity contribution in [2.24, 2.45) is 0 Å². The van der Waals surface area contributed by atoms with Gasteiger partial charge in [-0.15, -0.1) is 0 Å². The van der Waals surface area contributed by atoms with E-state index in [-0.39, 0.29) is 62.1 Å². The first-order chi connectivity index (χ1) is 4.81. The number of aliphatic hydroxyl groups excluding tert-OH is 3. The van der Waals surface area contributed by atoms with Crippen LogP contribution in [0.1, 0.15) is 0 Å². The van der Waals surface area contributed by atoms with Gasteiger partial charge in [0.2, 0.25) is 0 Å². The average Bonchev–Trinajstić information content (AvgIpc) is 1.83. The Balaban J connectivity index is -0.000000126. The topological polar surface area (TPSA) is 147 Å². The third kappa shape index (κ3) is 41.7. The summed E-state index contributed by atoms with van der Waals surface area (Å²) in [7, 11) is -5.39. The van der Waals surface area contributed by atoms with Crippen LogP contribution in [-0.2, 0) is 4.57 Å². The van der Waals surface area contributed by atoms with Crippen molar-refractivity contribution in [1.29, 1.82) is 0 Å². The molecule has 0 bridgehead atoms.